The molecule has 1 atom stereocenters. The van der Waals surface area contributed by atoms with Crippen molar-refractivity contribution in [1.29, 1.82) is 0 Å². The highest BCUT2D eigenvalue weighted by molar-refractivity contribution is 4.83. The van der Waals surface area contributed by atoms with Crippen LogP contribution in [0.25, 0.3) is 0 Å². The van der Waals surface area contributed by atoms with Gasteiger partial charge in [0.05, 0.1) is 5.60 Å². The maximum Gasteiger partial charge on any atom is 0.154 e. The van der Waals surface area contributed by atoms with Crippen molar-refractivity contribution >= 4 is 0 Å². The van der Waals surface area contributed by atoms with Gasteiger partial charge in [0, 0.05) is 13.2 Å². The number of unbranched alkanes of at least 4 members (excludes halogenated alkanes) is 1. The van der Waals surface area contributed by atoms with Crippen LogP contribution in [0.4, 0.5) is 0 Å². The fourth-order valence-electron chi connectivity index (χ4n) is 2.65. The molecule has 0 aromatic rings. The molecule has 0 aromatic carbocycles. The highest BCUT2D eigenvalue weighted by Gasteiger charge is 2.30. The lowest BCUT2D eigenvalue weighted by atomic mass is 9.78. The maximum atomic E-state index is 10.3. The van der Waals surface area contributed by atoms with Gasteiger partial charge < -0.3 is 14.6 Å². The zero-order valence-electron chi connectivity index (χ0n) is 15.6. The Morgan fingerprint density at radius 2 is 1.38 bits per heavy atom. The van der Waals surface area contributed by atoms with Crippen molar-refractivity contribution < 1.29 is 14.6 Å². The SMILES string of the molecule is CCCCC(CC)C(O)(CC)CC.CCOC(C)OCC. The van der Waals surface area contributed by atoms with Crippen LogP contribution in [0.2, 0.25) is 0 Å². The lowest BCUT2D eigenvalue weighted by Crippen LogP contribution is -2.36. The van der Waals surface area contributed by atoms with Crippen LogP contribution in [0.5, 0.6) is 0 Å². The minimum atomic E-state index is -0.399. The third-order valence-corrected chi connectivity index (χ3v) is 4.19. The van der Waals surface area contributed by atoms with Crippen LogP contribution in [0, 0.1) is 5.92 Å². The van der Waals surface area contributed by atoms with E-state index in [-0.39, 0.29) is 6.29 Å². The summed E-state index contributed by atoms with van der Waals surface area (Å²) in [4.78, 5) is 0. The van der Waals surface area contributed by atoms with Crippen LogP contribution in [-0.2, 0) is 9.47 Å². The van der Waals surface area contributed by atoms with E-state index in [4.69, 9.17) is 9.47 Å². The largest absolute Gasteiger partial charge is 0.390 e. The van der Waals surface area contributed by atoms with Gasteiger partial charge in [-0.25, -0.2) is 0 Å². The first-order valence-corrected chi connectivity index (χ1v) is 8.90. The molecule has 1 unspecified atom stereocenters. The number of hydrogen-bond acceptors (Lipinski definition) is 3. The molecule has 0 fully saturated rings. The molecule has 0 aliphatic heterocycles. The second-order valence-corrected chi connectivity index (χ2v) is 5.54. The summed E-state index contributed by atoms with van der Waals surface area (Å²) in [6, 6.07) is 0. The number of ether oxygens (including phenoxy) is 2. The molecule has 0 radical (unpaired) electrons. The fourth-order valence-corrected chi connectivity index (χ4v) is 2.65. The third-order valence-electron chi connectivity index (χ3n) is 4.19. The summed E-state index contributed by atoms with van der Waals surface area (Å²) in [7, 11) is 0. The van der Waals surface area contributed by atoms with Gasteiger partial charge in [-0.1, -0.05) is 47.0 Å². The summed E-state index contributed by atoms with van der Waals surface area (Å²) in [6.45, 7) is 15.8. The van der Waals surface area contributed by atoms with E-state index < -0.39 is 5.60 Å². The van der Waals surface area contributed by atoms with Crippen LogP contribution in [0.1, 0.15) is 87.0 Å². The van der Waals surface area contributed by atoms with E-state index in [0.29, 0.717) is 5.92 Å². The molecule has 0 bridgehead atoms. The number of aliphatic hydroxyl groups is 1. The Balaban J connectivity index is 0. The van der Waals surface area contributed by atoms with Crippen LogP contribution < -0.4 is 0 Å². The molecule has 0 saturated heterocycles. The van der Waals surface area contributed by atoms with Crippen LogP contribution in [0.3, 0.4) is 0 Å². The van der Waals surface area contributed by atoms with Crippen molar-refractivity contribution in [2.45, 2.75) is 98.9 Å². The molecule has 0 saturated carbocycles. The van der Waals surface area contributed by atoms with Gasteiger partial charge in [0.15, 0.2) is 6.29 Å². The topological polar surface area (TPSA) is 38.7 Å². The second kappa shape index (κ2) is 14.8. The summed E-state index contributed by atoms with van der Waals surface area (Å²) in [5, 5.41) is 10.3. The number of rotatable bonds is 11. The molecule has 0 amide bonds. The minimum absolute atomic E-state index is 0.0370. The van der Waals surface area contributed by atoms with E-state index in [1.165, 1.54) is 19.3 Å². The highest BCUT2D eigenvalue weighted by Crippen LogP contribution is 2.31. The molecule has 0 spiro atoms. The summed E-state index contributed by atoms with van der Waals surface area (Å²) >= 11 is 0. The summed E-state index contributed by atoms with van der Waals surface area (Å²) < 4.78 is 10.1. The first-order valence-electron chi connectivity index (χ1n) is 8.90. The van der Waals surface area contributed by atoms with E-state index >= 15 is 0 Å². The molecule has 0 aromatic heterocycles. The first-order chi connectivity index (χ1) is 9.95. The minimum Gasteiger partial charge on any atom is -0.390 e. The van der Waals surface area contributed by atoms with E-state index in [9.17, 15) is 5.11 Å². The zero-order valence-corrected chi connectivity index (χ0v) is 15.6. The predicted molar refractivity (Wildman–Crippen MR) is 91.6 cm³/mol. The molecule has 0 heterocycles. The lowest BCUT2D eigenvalue weighted by Gasteiger charge is -2.34. The summed E-state index contributed by atoms with van der Waals surface area (Å²) in [5.41, 5.74) is -0.399. The quantitative estimate of drug-likeness (QED) is 0.536. The lowest BCUT2D eigenvalue weighted by molar-refractivity contribution is -0.123. The van der Waals surface area contributed by atoms with E-state index in [1.54, 1.807) is 0 Å². The second-order valence-electron chi connectivity index (χ2n) is 5.54. The normalized spacial score (nSPS) is 13.0. The van der Waals surface area contributed by atoms with Crippen LogP contribution >= 0.6 is 0 Å². The van der Waals surface area contributed by atoms with Gasteiger partial charge >= 0.3 is 0 Å². The van der Waals surface area contributed by atoms with Crippen LogP contribution in [0.15, 0.2) is 0 Å². The molecule has 3 nitrogen and oxygen atoms in total. The van der Waals surface area contributed by atoms with Gasteiger partial charge in [0.1, 0.15) is 0 Å². The fraction of sp³-hybridized carbons (Fsp3) is 1.00. The Morgan fingerprint density at radius 3 is 1.67 bits per heavy atom. The van der Waals surface area contributed by atoms with E-state index in [2.05, 4.69) is 27.7 Å². The molecular formula is C18H40O3. The maximum absolute atomic E-state index is 10.3. The van der Waals surface area contributed by atoms with Crippen molar-refractivity contribution in [3.8, 4) is 0 Å². The Bertz CT molecular complexity index is 197. The molecule has 130 valence electrons. The standard InChI is InChI=1S/C12H26O.C6H14O2/c1-5-9-10-11(6-2)12(13,7-3)8-4;1-4-7-6(3)8-5-2/h11,13H,5-10H2,1-4H3;6H,4-5H2,1-3H3. The molecule has 0 aliphatic rings. The molecular weight excluding hydrogens is 264 g/mol. The highest BCUT2D eigenvalue weighted by atomic mass is 16.7. The van der Waals surface area contributed by atoms with Gasteiger partial charge in [0.2, 0.25) is 0 Å². The van der Waals surface area contributed by atoms with Crippen molar-refractivity contribution in [3.05, 3.63) is 0 Å². The average molecular weight is 305 g/mol. The van der Waals surface area contributed by atoms with Crippen molar-refractivity contribution in [3.63, 3.8) is 0 Å². The van der Waals surface area contributed by atoms with Gasteiger partial charge in [0.25, 0.3) is 0 Å². The zero-order chi connectivity index (χ0) is 16.7. The molecule has 0 rings (SSSR count). The van der Waals surface area contributed by atoms with Gasteiger partial charge in [-0.3, -0.25) is 0 Å². The van der Waals surface area contributed by atoms with Gasteiger partial charge in [-0.2, -0.15) is 0 Å². The molecule has 21 heavy (non-hydrogen) atoms. The molecule has 0 aliphatic carbocycles. The Hall–Kier alpha value is -0.120. The third kappa shape index (κ3) is 11.1. The molecule has 1 N–H and O–H groups in total. The monoisotopic (exact) mass is 304 g/mol. The van der Waals surface area contributed by atoms with E-state index in [1.807, 2.05) is 20.8 Å². The smallest absolute Gasteiger partial charge is 0.154 e. The predicted octanol–water partition coefficient (Wildman–Crippen LogP) is 5.16. The van der Waals surface area contributed by atoms with E-state index in [0.717, 1.165) is 32.5 Å². The van der Waals surface area contributed by atoms with Crippen LogP contribution in [-0.4, -0.2) is 30.2 Å². The summed E-state index contributed by atoms with van der Waals surface area (Å²) in [6.07, 6.45) is 6.53. The summed E-state index contributed by atoms with van der Waals surface area (Å²) in [5.74, 6) is 0.502. The Kier molecular flexibility index (Phi) is 16.3. The van der Waals surface area contributed by atoms with Crippen molar-refractivity contribution in [2.75, 3.05) is 13.2 Å². The molecule has 3 heteroatoms. The first kappa shape index (κ1) is 23.2. The Labute approximate surface area is 133 Å². The van der Waals surface area contributed by atoms with Crippen molar-refractivity contribution in [2.24, 2.45) is 5.92 Å². The van der Waals surface area contributed by atoms with Crippen molar-refractivity contribution in [1.82, 2.24) is 0 Å². The number of hydrogen-bond donors (Lipinski definition) is 1. The Morgan fingerprint density at radius 1 is 0.905 bits per heavy atom. The van der Waals surface area contributed by atoms with Gasteiger partial charge in [-0.05, 0) is 46.0 Å². The van der Waals surface area contributed by atoms with Gasteiger partial charge in [-0.15, -0.1) is 0 Å². The average Bonchev–Trinajstić information content (AvgIpc) is 2.48.